The van der Waals surface area contributed by atoms with Crippen molar-refractivity contribution in [2.75, 3.05) is 13.2 Å². The van der Waals surface area contributed by atoms with Crippen molar-refractivity contribution < 1.29 is 13.2 Å². The van der Waals surface area contributed by atoms with Gasteiger partial charge in [0.05, 0.1) is 18.2 Å². The van der Waals surface area contributed by atoms with Crippen molar-refractivity contribution in [2.45, 2.75) is 36.6 Å². The highest BCUT2D eigenvalue weighted by Crippen LogP contribution is 2.30. The molecular weight excluding hydrogens is 258 g/mol. The average molecular weight is 275 g/mol. The third-order valence-corrected chi connectivity index (χ3v) is 6.31. The van der Waals surface area contributed by atoms with Crippen molar-refractivity contribution in [3.63, 3.8) is 0 Å². The van der Waals surface area contributed by atoms with Gasteiger partial charge in [-0.25, -0.2) is 8.42 Å². The molecule has 1 aliphatic rings. The monoisotopic (exact) mass is 275 g/mol. The van der Waals surface area contributed by atoms with E-state index in [4.69, 9.17) is 4.74 Å². The topological polar surface area (TPSA) is 46.6 Å². The van der Waals surface area contributed by atoms with E-state index in [0.717, 1.165) is 0 Å². The highest BCUT2D eigenvalue weighted by Gasteiger charge is 2.42. The Labute approximate surface area is 106 Å². The van der Waals surface area contributed by atoms with Gasteiger partial charge < -0.3 is 4.74 Å². The second kappa shape index (κ2) is 4.35. The van der Waals surface area contributed by atoms with Gasteiger partial charge in [0.15, 0.2) is 0 Å². The molecule has 0 aliphatic carbocycles. The molecule has 1 aliphatic heterocycles. The number of hydrogen-bond acceptors (Lipinski definition) is 4. The van der Waals surface area contributed by atoms with Crippen molar-refractivity contribution in [2.24, 2.45) is 0 Å². The Kier molecular flexibility index (Phi) is 3.33. The fourth-order valence-electron chi connectivity index (χ4n) is 1.89. The van der Waals surface area contributed by atoms with E-state index in [9.17, 15) is 8.42 Å². The molecule has 1 atom stereocenters. The second-order valence-electron chi connectivity index (χ2n) is 4.90. The Morgan fingerprint density at radius 2 is 2.24 bits per heavy atom. The first-order valence-electron chi connectivity index (χ1n) is 5.52. The van der Waals surface area contributed by atoms with Crippen LogP contribution in [0, 0.1) is 0 Å². The lowest BCUT2D eigenvalue weighted by atomic mass is 10.1. The quantitative estimate of drug-likeness (QED) is 0.828. The molecule has 0 bridgehead atoms. The third kappa shape index (κ3) is 2.40. The van der Waals surface area contributed by atoms with E-state index in [0.29, 0.717) is 17.4 Å². The van der Waals surface area contributed by atoms with Crippen molar-refractivity contribution >= 4 is 21.4 Å². The minimum Gasteiger partial charge on any atom is -0.375 e. The number of rotatable bonds is 2. The first kappa shape index (κ1) is 13.0. The van der Waals surface area contributed by atoms with Crippen LogP contribution in [0.2, 0.25) is 0 Å². The van der Waals surface area contributed by atoms with E-state index in [2.05, 4.69) is 0 Å². The Morgan fingerprint density at radius 3 is 2.82 bits per heavy atom. The molecule has 17 heavy (non-hydrogen) atoms. The number of hydrogen-bond donors (Lipinski definition) is 0. The van der Waals surface area contributed by atoms with Gasteiger partial charge in [0.2, 0.25) is 0 Å². The molecule has 0 aromatic carbocycles. The summed E-state index contributed by atoms with van der Waals surface area (Å²) in [7, 11) is -3.39. The summed E-state index contributed by atoms with van der Waals surface area (Å²) in [5.41, 5.74) is -0.491. The first-order valence-corrected chi connectivity index (χ1v) is 7.84. The van der Waals surface area contributed by atoms with Crippen LogP contribution < -0.4 is 0 Å². The Balaban J connectivity index is 2.38. The molecule has 0 N–H and O–H groups in total. The molecule has 96 valence electrons. The summed E-state index contributed by atoms with van der Waals surface area (Å²) >= 11 is 1.26. The van der Waals surface area contributed by atoms with E-state index in [1.807, 2.05) is 20.8 Å². The standard InChI is InChI=1S/C11H17NO3S2/c1-9-7-12(11(2,3)8-15-9)17(13,14)10-5-4-6-16-10/h4-6,9H,7-8H2,1-3H3. The molecule has 1 fully saturated rings. The minimum absolute atomic E-state index is 0.0576. The first-order chi connectivity index (χ1) is 7.84. The molecular formula is C11H17NO3S2. The number of ether oxygens (including phenoxy) is 1. The molecule has 0 radical (unpaired) electrons. The molecule has 4 nitrogen and oxygen atoms in total. The van der Waals surface area contributed by atoms with Crippen molar-refractivity contribution in [1.29, 1.82) is 0 Å². The lowest BCUT2D eigenvalue weighted by Gasteiger charge is -2.43. The summed E-state index contributed by atoms with van der Waals surface area (Å²) in [6, 6.07) is 3.41. The van der Waals surface area contributed by atoms with Crippen LogP contribution in [0.4, 0.5) is 0 Å². The predicted molar refractivity (Wildman–Crippen MR) is 67.7 cm³/mol. The maximum atomic E-state index is 12.5. The fraction of sp³-hybridized carbons (Fsp3) is 0.636. The maximum absolute atomic E-state index is 12.5. The van der Waals surface area contributed by atoms with Gasteiger partial charge in [-0.1, -0.05) is 6.07 Å². The summed E-state index contributed by atoms with van der Waals surface area (Å²) in [5.74, 6) is 0. The normalized spacial score (nSPS) is 25.9. The number of nitrogens with zero attached hydrogens (tertiary/aromatic N) is 1. The summed E-state index contributed by atoms with van der Waals surface area (Å²) in [4.78, 5) is 0. The second-order valence-corrected chi connectivity index (χ2v) is 7.94. The smallest absolute Gasteiger partial charge is 0.253 e. The van der Waals surface area contributed by atoms with E-state index < -0.39 is 15.6 Å². The lowest BCUT2D eigenvalue weighted by Crippen LogP contribution is -2.57. The highest BCUT2D eigenvalue weighted by molar-refractivity contribution is 7.91. The van der Waals surface area contributed by atoms with Crippen molar-refractivity contribution in [3.8, 4) is 0 Å². The number of morpholine rings is 1. The molecule has 6 heteroatoms. The van der Waals surface area contributed by atoms with E-state index in [-0.39, 0.29) is 6.10 Å². The van der Waals surface area contributed by atoms with E-state index in [1.54, 1.807) is 21.8 Å². The van der Waals surface area contributed by atoms with Gasteiger partial charge in [-0.3, -0.25) is 0 Å². The zero-order chi connectivity index (χ0) is 12.7. The molecule has 0 spiro atoms. The minimum atomic E-state index is -3.39. The summed E-state index contributed by atoms with van der Waals surface area (Å²) in [5, 5.41) is 1.78. The zero-order valence-electron chi connectivity index (χ0n) is 10.2. The maximum Gasteiger partial charge on any atom is 0.253 e. The Hall–Kier alpha value is -0.430. The van der Waals surface area contributed by atoms with Crippen molar-refractivity contribution in [3.05, 3.63) is 17.5 Å². The van der Waals surface area contributed by atoms with Gasteiger partial charge in [-0.2, -0.15) is 4.31 Å². The van der Waals surface area contributed by atoms with Gasteiger partial charge in [-0.05, 0) is 32.2 Å². The Morgan fingerprint density at radius 1 is 1.53 bits per heavy atom. The predicted octanol–water partition coefficient (Wildman–Crippen LogP) is 1.94. The van der Waals surface area contributed by atoms with Gasteiger partial charge in [0, 0.05) is 6.54 Å². The molecule has 1 aromatic rings. The molecule has 0 saturated carbocycles. The summed E-state index contributed by atoms with van der Waals surface area (Å²) < 4.78 is 32.5. The lowest BCUT2D eigenvalue weighted by molar-refractivity contribution is -0.0550. The van der Waals surface area contributed by atoms with Gasteiger partial charge in [0.1, 0.15) is 4.21 Å². The van der Waals surface area contributed by atoms with Gasteiger partial charge in [0.25, 0.3) is 10.0 Å². The highest BCUT2D eigenvalue weighted by atomic mass is 32.2. The van der Waals surface area contributed by atoms with Crippen LogP contribution in [0.5, 0.6) is 0 Å². The molecule has 0 amide bonds. The average Bonchev–Trinajstić information content (AvgIpc) is 2.75. The zero-order valence-corrected chi connectivity index (χ0v) is 11.8. The summed E-state index contributed by atoms with van der Waals surface area (Å²) in [6.07, 6.45) is -0.0576. The van der Waals surface area contributed by atoms with Crippen LogP contribution in [-0.2, 0) is 14.8 Å². The fourth-order valence-corrected chi connectivity index (χ4v) is 4.84. The van der Waals surface area contributed by atoms with Crippen LogP contribution in [0.15, 0.2) is 21.7 Å². The Bertz CT molecular complexity index is 479. The molecule has 2 heterocycles. The van der Waals surface area contributed by atoms with Crippen LogP contribution in [-0.4, -0.2) is 37.5 Å². The molecule has 1 aromatic heterocycles. The SMILES string of the molecule is CC1CN(S(=O)(=O)c2cccs2)C(C)(C)CO1. The van der Waals surface area contributed by atoms with E-state index >= 15 is 0 Å². The van der Waals surface area contributed by atoms with Crippen LogP contribution in [0.25, 0.3) is 0 Å². The molecule has 1 saturated heterocycles. The summed E-state index contributed by atoms with van der Waals surface area (Å²) in [6.45, 7) is 6.52. The molecule has 2 rings (SSSR count). The largest absolute Gasteiger partial charge is 0.375 e. The van der Waals surface area contributed by atoms with Gasteiger partial charge in [-0.15, -0.1) is 11.3 Å². The van der Waals surface area contributed by atoms with Crippen LogP contribution >= 0.6 is 11.3 Å². The van der Waals surface area contributed by atoms with Crippen molar-refractivity contribution in [1.82, 2.24) is 4.31 Å². The number of thiophene rings is 1. The van der Waals surface area contributed by atoms with Crippen LogP contribution in [0.3, 0.4) is 0 Å². The van der Waals surface area contributed by atoms with Gasteiger partial charge >= 0.3 is 0 Å². The molecule has 1 unspecified atom stereocenters. The van der Waals surface area contributed by atoms with Crippen LogP contribution in [0.1, 0.15) is 20.8 Å². The number of sulfonamides is 1. The third-order valence-electron chi connectivity index (χ3n) is 2.86. The van der Waals surface area contributed by atoms with E-state index in [1.165, 1.54) is 11.3 Å².